The van der Waals surface area contributed by atoms with Crippen LogP contribution in [-0.4, -0.2) is 49.4 Å². The van der Waals surface area contributed by atoms with Crippen LogP contribution < -0.4 is 10.0 Å². The Balaban J connectivity index is 1.55. The van der Waals surface area contributed by atoms with E-state index in [0.717, 1.165) is 0 Å². The Morgan fingerprint density at radius 3 is 2.59 bits per heavy atom. The number of hydrogen-bond acceptors (Lipinski definition) is 5. The average Bonchev–Trinajstić information content (AvgIpc) is 3.26. The molecule has 3 N–H and O–H groups in total. The van der Waals surface area contributed by atoms with Crippen LogP contribution >= 0.6 is 11.6 Å². The number of aliphatic hydroxyl groups excluding tert-OH is 1. The summed E-state index contributed by atoms with van der Waals surface area (Å²) in [5, 5.41) is 12.7. The van der Waals surface area contributed by atoms with Crippen molar-refractivity contribution in [1.82, 2.24) is 14.9 Å². The van der Waals surface area contributed by atoms with E-state index in [1.54, 1.807) is 48.5 Å². The number of likely N-dealkylation sites (tertiary alicyclic amines) is 1. The summed E-state index contributed by atoms with van der Waals surface area (Å²) in [6.45, 7) is -0.0324. The van der Waals surface area contributed by atoms with Crippen LogP contribution in [0, 0.1) is 0 Å². The van der Waals surface area contributed by atoms with Gasteiger partial charge in [-0.05, 0) is 41.7 Å². The fraction of sp³-hybridized carbons (Fsp3) is 0.364. The molecular formula is C22H26ClN3O5S. The number of hydrogen-bond donors (Lipinski definition) is 3. The maximum absolute atomic E-state index is 12.7. The van der Waals surface area contributed by atoms with Gasteiger partial charge in [-0.25, -0.2) is 13.1 Å². The molecule has 2 aromatic rings. The largest absolute Gasteiger partial charge is 0.392 e. The van der Waals surface area contributed by atoms with Gasteiger partial charge in [-0.1, -0.05) is 48.0 Å². The van der Waals surface area contributed by atoms with Crippen molar-refractivity contribution in [2.45, 2.75) is 37.8 Å². The highest BCUT2D eigenvalue weighted by atomic mass is 35.5. The molecular weight excluding hydrogens is 454 g/mol. The number of nitrogens with zero attached hydrogens (tertiary/aromatic N) is 1. The Kier molecular flexibility index (Phi) is 8.25. The van der Waals surface area contributed by atoms with Crippen molar-refractivity contribution in [1.29, 1.82) is 0 Å². The Labute approximate surface area is 192 Å². The minimum Gasteiger partial charge on any atom is -0.392 e. The summed E-state index contributed by atoms with van der Waals surface area (Å²) in [5.41, 5.74) is 1.97. The van der Waals surface area contributed by atoms with Gasteiger partial charge in [-0.2, -0.15) is 0 Å². The molecule has 0 bridgehead atoms. The molecule has 2 aromatic carbocycles. The van der Waals surface area contributed by atoms with Gasteiger partial charge in [0.1, 0.15) is 6.04 Å². The van der Waals surface area contributed by atoms with Crippen molar-refractivity contribution in [2.24, 2.45) is 0 Å². The number of carbonyl (C=O) groups is 2. The minimum atomic E-state index is -3.69. The van der Waals surface area contributed by atoms with E-state index >= 15 is 0 Å². The summed E-state index contributed by atoms with van der Waals surface area (Å²) in [6.07, 6.45) is 1.15. The van der Waals surface area contributed by atoms with Crippen LogP contribution in [0.2, 0.25) is 5.02 Å². The van der Waals surface area contributed by atoms with E-state index in [4.69, 9.17) is 11.6 Å². The lowest BCUT2D eigenvalue weighted by Crippen LogP contribution is -2.48. The smallest absolute Gasteiger partial charge is 0.243 e. The Hall–Kier alpha value is -2.46. The average molecular weight is 480 g/mol. The molecule has 1 atom stereocenters. The van der Waals surface area contributed by atoms with Gasteiger partial charge in [0.05, 0.1) is 18.9 Å². The van der Waals surface area contributed by atoms with Crippen molar-refractivity contribution in [2.75, 3.05) is 13.1 Å². The minimum absolute atomic E-state index is 0.164. The summed E-state index contributed by atoms with van der Waals surface area (Å²) >= 11 is 6.00. The Morgan fingerprint density at radius 2 is 1.88 bits per heavy atom. The summed E-state index contributed by atoms with van der Waals surface area (Å²) in [7, 11) is -3.69. The molecule has 8 nitrogen and oxygen atoms in total. The second-order valence-corrected chi connectivity index (χ2v) is 9.84. The zero-order valence-electron chi connectivity index (χ0n) is 17.5. The third-order valence-corrected chi connectivity index (χ3v) is 6.84. The quantitative estimate of drug-likeness (QED) is 0.504. The third kappa shape index (κ3) is 6.52. The molecule has 1 fully saturated rings. The number of amides is 2. The summed E-state index contributed by atoms with van der Waals surface area (Å²) < 4.78 is 26.9. The van der Waals surface area contributed by atoms with E-state index in [1.807, 2.05) is 0 Å². The summed E-state index contributed by atoms with van der Waals surface area (Å²) in [5.74, 6) is -0.998. The van der Waals surface area contributed by atoms with E-state index in [0.29, 0.717) is 41.1 Å². The molecule has 172 valence electrons. The van der Waals surface area contributed by atoms with E-state index in [-0.39, 0.29) is 24.8 Å². The van der Waals surface area contributed by atoms with Crippen LogP contribution in [0.25, 0.3) is 0 Å². The molecule has 0 aromatic heterocycles. The normalized spacial score (nSPS) is 16.2. The molecule has 0 unspecified atom stereocenters. The number of benzene rings is 2. The van der Waals surface area contributed by atoms with Gasteiger partial charge in [-0.3, -0.25) is 9.59 Å². The van der Waals surface area contributed by atoms with Crippen LogP contribution in [0.3, 0.4) is 0 Å². The molecule has 1 heterocycles. The number of rotatable bonds is 9. The molecule has 32 heavy (non-hydrogen) atoms. The lowest BCUT2D eigenvalue weighted by atomic mass is 10.1. The molecule has 10 heteroatoms. The van der Waals surface area contributed by atoms with Gasteiger partial charge in [-0.15, -0.1) is 0 Å². The van der Waals surface area contributed by atoms with E-state index in [9.17, 15) is 23.1 Å². The van der Waals surface area contributed by atoms with Crippen molar-refractivity contribution in [3.8, 4) is 0 Å². The number of sulfonamides is 1. The van der Waals surface area contributed by atoms with Crippen LogP contribution in [0.4, 0.5) is 0 Å². The number of aliphatic hydroxyl groups is 1. The first-order valence-electron chi connectivity index (χ1n) is 10.3. The molecule has 1 aliphatic heterocycles. The maximum atomic E-state index is 12.7. The van der Waals surface area contributed by atoms with Gasteiger partial charge in [0, 0.05) is 18.1 Å². The van der Waals surface area contributed by atoms with Crippen LogP contribution in [-0.2, 0) is 38.5 Å². The van der Waals surface area contributed by atoms with Crippen molar-refractivity contribution in [3.05, 3.63) is 70.2 Å². The molecule has 3 rings (SSSR count). The van der Waals surface area contributed by atoms with Gasteiger partial charge in [0.15, 0.2) is 0 Å². The molecule has 0 saturated carbocycles. The lowest BCUT2D eigenvalue weighted by Gasteiger charge is -2.24. The standard InChI is InChI=1S/C22H26ClN3O5S/c23-19-9-8-17(14-27)18(11-19)12-24-22(29)20-7-4-10-26(20)21(28)13-25-32(30,31)15-16-5-2-1-3-6-16/h1-3,5-6,8-9,11,20,25,27H,4,7,10,12-15H2,(H,24,29)/t20-/m0/s1. The van der Waals surface area contributed by atoms with Crippen molar-refractivity contribution in [3.63, 3.8) is 0 Å². The highest BCUT2D eigenvalue weighted by molar-refractivity contribution is 7.88. The fourth-order valence-corrected chi connectivity index (χ4v) is 4.94. The van der Waals surface area contributed by atoms with Crippen LogP contribution in [0.15, 0.2) is 48.5 Å². The van der Waals surface area contributed by atoms with Crippen LogP contribution in [0.1, 0.15) is 29.5 Å². The zero-order valence-corrected chi connectivity index (χ0v) is 19.0. The molecule has 1 saturated heterocycles. The van der Waals surface area contributed by atoms with Gasteiger partial charge in [0.25, 0.3) is 0 Å². The van der Waals surface area contributed by atoms with E-state index in [2.05, 4.69) is 10.0 Å². The molecule has 0 spiro atoms. The molecule has 0 radical (unpaired) electrons. The Bertz CT molecular complexity index is 1060. The zero-order chi connectivity index (χ0) is 23.1. The number of nitrogens with one attached hydrogen (secondary N) is 2. The third-order valence-electron chi connectivity index (χ3n) is 5.31. The molecule has 1 aliphatic rings. The second kappa shape index (κ2) is 10.9. The molecule has 2 amide bonds. The maximum Gasteiger partial charge on any atom is 0.243 e. The van der Waals surface area contributed by atoms with Crippen molar-refractivity contribution >= 4 is 33.4 Å². The first-order valence-corrected chi connectivity index (χ1v) is 12.3. The number of carbonyl (C=O) groups excluding carboxylic acids is 2. The predicted molar refractivity (Wildman–Crippen MR) is 121 cm³/mol. The van der Waals surface area contributed by atoms with E-state index < -0.39 is 28.5 Å². The van der Waals surface area contributed by atoms with Crippen molar-refractivity contribution < 1.29 is 23.1 Å². The Morgan fingerprint density at radius 1 is 1.12 bits per heavy atom. The summed E-state index contributed by atoms with van der Waals surface area (Å²) in [4.78, 5) is 26.8. The van der Waals surface area contributed by atoms with Gasteiger partial charge < -0.3 is 15.3 Å². The lowest BCUT2D eigenvalue weighted by molar-refractivity contribution is -0.137. The second-order valence-electron chi connectivity index (χ2n) is 7.60. The molecule has 0 aliphatic carbocycles. The highest BCUT2D eigenvalue weighted by Crippen LogP contribution is 2.19. The van der Waals surface area contributed by atoms with Gasteiger partial charge >= 0.3 is 0 Å². The monoisotopic (exact) mass is 479 g/mol. The topological polar surface area (TPSA) is 116 Å². The van der Waals surface area contributed by atoms with Crippen LogP contribution in [0.5, 0.6) is 0 Å². The summed E-state index contributed by atoms with van der Waals surface area (Å²) in [6, 6.07) is 13.0. The first kappa shape index (κ1) is 24.2. The fourth-order valence-electron chi connectivity index (χ4n) is 3.67. The van der Waals surface area contributed by atoms with E-state index in [1.165, 1.54) is 4.90 Å². The van der Waals surface area contributed by atoms with Gasteiger partial charge in [0.2, 0.25) is 21.8 Å². The number of halogens is 1. The highest BCUT2D eigenvalue weighted by Gasteiger charge is 2.34. The first-order chi connectivity index (χ1) is 15.3. The predicted octanol–water partition coefficient (Wildman–Crippen LogP) is 1.56. The SMILES string of the molecule is O=C(NCc1cc(Cl)ccc1CO)[C@@H]1CCCN1C(=O)CNS(=O)(=O)Cc1ccccc1.